The first kappa shape index (κ1) is 22.4. The summed E-state index contributed by atoms with van der Waals surface area (Å²) in [5, 5.41) is 2.94. The predicted octanol–water partition coefficient (Wildman–Crippen LogP) is 5.02. The smallest absolute Gasteiger partial charge is 0.256 e. The van der Waals surface area contributed by atoms with Crippen LogP contribution in [0.4, 0.5) is 5.69 Å². The summed E-state index contributed by atoms with van der Waals surface area (Å²) in [4.78, 5) is 26.8. The SMILES string of the molecule is CCCCCCCCCCCC(=O)Nc1ccccc1C(=O)N1CCOCC1. The Morgan fingerprint density at radius 2 is 1.54 bits per heavy atom. The van der Waals surface area contributed by atoms with Crippen molar-refractivity contribution in [2.45, 2.75) is 71.1 Å². The summed E-state index contributed by atoms with van der Waals surface area (Å²) >= 11 is 0. The monoisotopic (exact) mass is 388 g/mol. The lowest BCUT2D eigenvalue weighted by molar-refractivity contribution is -0.116. The molecule has 28 heavy (non-hydrogen) atoms. The second-order valence-electron chi connectivity index (χ2n) is 7.58. The number of morpholine rings is 1. The van der Waals surface area contributed by atoms with Crippen molar-refractivity contribution in [1.82, 2.24) is 4.90 Å². The summed E-state index contributed by atoms with van der Waals surface area (Å²) < 4.78 is 5.31. The lowest BCUT2D eigenvalue weighted by Gasteiger charge is -2.27. The Labute approximate surface area is 169 Å². The average molecular weight is 389 g/mol. The molecular formula is C23H36N2O3. The second-order valence-corrected chi connectivity index (χ2v) is 7.58. The molecule has 156 valence electrons. The summed E-state index contributed by atoms with van der Waals surface area (Å²) in [6.45, 7) is 4.57. The van der Waals surface area contributed by atoms with Crippen molar-refractivity contribution < 1.29 is 14.3 Å². The van der Waals surface area contributed by atoms with Crippen LogP contribution in [0.2, 0.25) is 0 Å². The molecule has 0 radical (unpaired) electrons. The van der Waals surface area contributed by atoms with Gasteiger partial charge in [-0.05, 0) is 18.6 Å². The number of para-hydroxylation sites is 1. The van der Waals surface area contributed by atoms with E-state index in [1.54, 1.807) is 11.0 Å². The van der Waals surface area contributed by atoms with E-state index in [4.69, 9.17) is 4.74 Å². The number of rotatable bonds is 12. The third kappa shape index (κ3) is 8.01. The molecule has 1 aromatic carbocycles. The zero-order valence-electron chi connectivity index (χ0n) is 17.4. The average Bonchev–Trinajstić information content (AvgIpc) is 2.73. The number of hydrogen-bond acceptors (Lipinski definition) is 3. The van der Waals surface area contributed by atoms with Gasteiger partial charge in [0.1, 0.15) is 0 Å². The summed E-state index contributed by atoms with van der Waals surface area (Å²) in [6, 6.07) is 7.28. The third-order valence-electron chi connectivity index (χ3n) is 5.24. The molecule has 0 aromatic heterocycles. The number of ether oxygens (including phenoxy) is 1. The van der Waals surface area contributed by atoms with Gasteiger partial charge in [0, 0.05) is 19.5 Å². The van der Waals surface area contributed by atoms with Gasteiger partial charge in [-0.15, -0.1) is 0 Å². The molecule has 1 heterocycles. The van der Waals surface area contributed by atoms with Crippen LogP contribution in [0.1, 0.15) is 81.5 Å². The highest BCUT2D eigenvalue weighted by molar-refractivity contribution is 6.03. The van der Waals surface area contributed by atoms with E-state index >= 15 is 0 Å². The molecule has 1 fully saturated rings. The van der Waals surface area contributed by atoms with E-state index in [9.17, 15) is 9.59 Å². The fraction of sp³-hybridized carbons (Fsp3) is 0.652. The molecule has 0 saturated carbocycles. The topological polar surface area (TPSA) is 58.6 Å². The number of carbonyl (C=O) groups excluding carboxylic acids is 2. The third-order valence-corrected chi connectivity index (χ3v) is 5.24. The first-order valence-corrected chi connectivity index (χ1v) is 11.0. The Hall–Kier alpha value is -1.88. The minimum Gasteiger partial charge on any atom is -0.378 e. The Kier molecular flexibility index (Phi) is 10.7. The normalized spacial score (nSPS) is 14.1. The van der Waals surface area contributed by atoms with Gasteiger partial charge in [0.25, 0.3) is 5.91 Å². The molecule has 0 atom stereocenters. The molecule has 0 aliphatic carbocycles. The van der Waals surface area contributed by atoms with Crippen LogP contribution in [0.15, 0.2) is 24.3 Å². The largest absolute Gasteiger partial charge is 0.378 e. The van der Waals surface area contributed by atoms with E-state index in [0.717, 1.165) is 12.8 Å². The van der Waals surface area contributed by atoms with Crippen molar-refractivity contribution in [2.24, 2.45) is 0 Å². The number of amides is 2. The fourth-order valence-electron chi connectivity index (χ4n) is 3.52. The number of unbranched alkanes of at least 4 members (excludes halogenated alkanes) is 8. The Morgan fingerprint density at radius 1 is 0.929 bits per heavy atom. The minimum absolute atomic E-state index is 0.00910. The summed E-state index contributed by atoms with van der Waals surface area (Å²) in [7, 11) is 0. The number of nitrogens with zero attached hydrogens (tertiary/aromatic N) is 1. The van der Waals surface area contributed by atoms with Crippen LogP contribution >= 0.6 is 0 Å². The van der Waals surface area contributed by atoms with Gasteiger partial charge in [-0.3, -0.25) is 9.59 Å². The minimum atomic E-state index is -0.0396. The molecule has 1 aliphatic rings. The molecule has 5 nitrogen and oxygen atoms in total. The standard InChI is InChI=1S/C23H36N2O3/c1-2-3-4-5-6-7-8-9-10-15-22(26)24-21-14-12-11-13-20(21)23(27)25-16-18-28-19-17-25/h11-14H,2-10,15-19H2,1H3,(H,24,26). The molecule has 1 aromatic rings. The van der Waals surface area contributed by atoms with Crippen molar-refractivity contribution >= 4 is 17.5 Å². The number of anilines is 1. The quantitative estimate of drug-likeness (QED) is 0.512. The Balaban J connectivity index is 1.70. The molecule has 2 rings (SSSR count). The lowest BCUT2D eigenvalue weighted by Crippen LogP contribution is -2.41. The van der Waals surface area contributed by atoms with Crippen LogP contribution < -0.4 is 5.32 Å². The maximum Gasteiger partial charge on any atom is 0.256 e. The van der Waals surface area contributed by atoms with Crippen molar-refractivity contribution in [3.8, 4) is 0 Å². The van der Waals surface area contributed by atoms with Gasteiger partial charge >= 0.3 is 0 Å². The number of nitrogens with one attached hydrogen (secondary N) is 1. The van der Waals surface area contributed by atoms with E-state index in [1.807, 2.05) is 18.2 Å². The fourth-order valence-corrected chi connectivity index (χ4v) is 3.52. The van der Waals surface area contributed by atoms with E-state index in [-0.39, 0.29) is 11.8 Å². The molecule has 2 amide bonds. The predicted molar refractivity (Wildman–Crippen MR) is 114 cm³/mol. The van der Waals surface area contributed by atoms with Crippen LogP contribution in [-0.4, -0.2) is 43.0 Å². The van der Waals surface area contributed by atoms with Crippen molar-refractivity contribution in [1.29, 1.82) is 0 Å². The van der Waals surface area contributed by atoms with Gasteiger partial charge in [0.05, 0.1) is 24.5 Å². The number of benzene rings is 1. The van der Waals surface area contributed by atoms with Gasteiger partial charge in [-0.2, -0.15) is 0 Å². The van der Waals surface area contributed by atoms with Crippen LogP contribution in [0, 0.1) is 0 Å². The molecule has 1 saturated heterocycles. The zero-order chi connectivity index (χ0) is 20.0. The highest BCUT2D eigenvalue weighted by Crippen LogP contribution is 2.19. The zero-order valence-corrected chi connectivity index (χ0v) is 17.4. The molecule has 0 bridgehead atoms. The summed E-state index contributed by atoms with van der Waals surface area (Å²) in [6.07, 6.45) is 11.6. The maximum atomic E-state index is 12.7. The second kappa shape index (κ2) is 13.3. The Bertz CT molecular complexity index is 597. The highest BCUT2D eigenvalue weighted by Gasteiger charge is 2.21. The van der Waals surface area contributed by atoms with Crippen molar-refractivity contribution in [3.63, 3.8) is 0 Å². The van der Waals surface area contributed by atoms with Crippen LogP contribution in [-0.2, 0) is 9.53 Å². The molecule has 1 N–H and O–H groups in total. The number of hydrogen-bond donors (Lipinski definition) is 1. The van der Waals surface area contributed by atoms with Gasteiger partial charge in [-0.25, -0.2) is 0 Å². The molecule has 0 unspecified atom stereocenters. The van der Waals surface area contributed by atoms with E-state index in [0.29, 0.717) is 44.0 Å². The molecular weight excluding hydrogens is 352 g/mol. The van der Waals surface area contributed by atoms with E-state index in [2.05, 4.69) is 12.2 Å². The van der Waals surface area contributed by atoms with Gasteiger partial charge in [0.15, 0.2) is 0 Å². The van der Waals surface area contributed by atoms with Gasteiger partial charge < -0.3 is 15.0 Å². The van der Waals surface area contributed by atoms with Gasteiger partial charge in [0.2, 0.25) is 5.91 Å². The first-order chi connectivity index (χ1) is 13.7. The summed E-state index contributed by atoms with van der Waals surface area (Å²) in [5.74, 6) is -0.0487. The van der Waals surface area contributed by atoms with Crippen molar-refractivity contribution in [3.05, 3.63) is 29.8 Å². The molecule has 5 heteroatoms. The van der Waals surface area contributed by atoms with Crippen LogP contribution in [0.3, 0.4) is 0 Å². The molecule has 0 spiro atoms. The van der Waals surface area contributed by atoms with Gasteiger partial charge in [-0.1, -0.05) is 70.4 Å². The van der Waals surface area contributed by atoms with Crippen LogP contribution in [0.25, 0.3) is 0 Å². The first-order valence-electron chi connectivity index (χ1n) is 11.0. The van der Waals surface area contributed by atoms with Crippen molar-refractivity contribution in [2.75, 3.05) is 31.6 Å². The van der Waals surface area contributed by atoms with E-state index < -0.39 is 0 Å². The summed E-state index contributed by atoms with van der Waals surface area (Å²) in [5.41, 5.74) is 1.17. The highest BCUT2D eigenvalue weighted by atomic mass is 16.5. The molecule has 1 aliphatic heterocycles. The number of carbonyl (C=O) groups is 2. The van der Waals surface area contributed by atoms with E-state index in [1.165, 1.54) is 44.9 Å². The lowest BCUT2D eigenvalue weighted by atomic mass is 10.1. The van der Waals surface area contributed by atoms with Crippen LogP contribution in [0.5, 0.6) is 0 Å². The maximum absolute atomic E-state index is 12.7. The Morgan fingerprint density at radius 3 is 2.21 bits per heavy atom.